The van der Waals surface area contributed by atoms with Gasteiger partial charge in [-0.15, -0.1) is 0 Å². The van der Waals surface area contributed by atoms with E-state index in [9.17, 15) is 4.79 Å². The molecule has 0 aliphatic heterocycles. The third kappa shape index (κ3) is 7.93. The van der Waals surface area contributed by atoms with E-state index in [4.69, 9.17) is 0 Å². The zero-order valence-corrected chi connectivity index (χ0v) is 9.41. The van der Waals surface area contributed by atoms with Crippen LogP contribution < -0.4 is 10.6 Å². The van der Waals surface area contributed by atoms with Crippen molar-refractivity contribution in [3.05, 3.63) is 0 Å². The molecule has 0 radical (unpaired) electrons. The fourth-order valence-corrected chi connectivity index (χ4v) is 1.06. The van der Waals surface area contributed by atoms with Crippen LogP contribution in [-0.2, 0) is 0 Å². The summed E-state index contributed by atoms with van der Waals surface area (Å²) in [6.07, 6.45) is 2.08. The molecule has 4 nitrogen and oxygen atoms in total. The second-order valence-corrected chi connectivity index (χ2v) is 3.85. The first-order valence-corrected chi connectivity index (χ1v) is 5.72. The molecule has 0 aromatic heterocycles. The lowest BCUT2D eigenvalue weighted by Gasteiger charge is -2.11. The zero-order chi connectivity index (χ0) is 10.1. The van der Waals surface area contributed by atoms with Gasteiger partial charge in [-0.25, -0.2) is 4.79 Å². The third-order valence-corrected chi connectivity index (χ3v) is 2.08. The quantitative estimate of drug-likeness (QED) is 0.609. The number of hydrogen-bond acceptors (Lipinski definition) is 3. The summed E-state index contributed by atoms with van der Waals surface area (Å²) >= 11 is 1.81. The third-order valence-electron chi connectivity index (χ3n) is 1.47. The van der Waals surface area contributed by atoms with Crippen molar-refractivity contribution in [2.45, 2.75) is 0 Å². The van der Waals surface area contributed by atoms with Crippen molar-refractivity contribution in [1.82, 2.24) is 15.5 Å². The van der Waals surface area contributed by atoms with E-state index in [0.29, 0.717) is 6.54 Å². The average Bonchev–Trinajstić information content (AvgIpc) is 2.10. The number of thioether (sulfide) groups is 1. The normalized spacial score (nSPS) is 9.77. The highest BCUT2D eigenvalue weighted by Gasteiger charge is 1.99. The van der Waals surface area contributed by atoms with Crippen LogP contribution in [0.5, 0.6) is 0 Å². The summed E-state index contributed by atoms with van der Waals surface area (Å²) in [4.78, 5) is 12.5. The van der Waals surface area contributed by atoms with Gasteiger partial charge in [0.25, 0.3) is 0 Å². The van der Waals surface area contributed by atoms with Crippen molar-refractivity contribution in [3.63, 3.8) is 0 Å². The molecule has 2 amide bonds. The van der Waals surface area contributed by atoms with Gasteiger partial charge in [-0.05, 0) is 6.26 Å². The topological polar surface area (TPSA) is 44.4 Å². The Balaban J connectivity index is 3.12. The number of carbonyl (C=O) groups is 1. The summed E-state index contributed by atoms with van der Waals surface area (Å²) in [5.41, 5.74) is 0. The number of rotatable bonds is 6. The predicted octanol–water partition coefficient (Wildman–Crippen LogP) is 0.210. The molecule has 0 spiro atoms. The van der Waals surface area contributed by atoms with Gasteiger partial charge < -0.3 is 15.5 Å². The summed E-state index contributed by atoms with van der Waals surface area (Å²) in [5, 5.41) is 6.00. The number of urea groups is 1. The smallest absolute Gasteiger partial charge is 0.316 e. The van der Waals surface area contributed by atoms with Crippen LogP contribution in [-0.4, -0.2) is 56.7 Å². The molecular formula is C8H19N3OS. The van der Waals surface area contributed by atoms with Gasteiger partial charge in [0.1, 0.15) is 0 Å². The van der Waals surface area contributed by atoms with Crippen LogP contribution in [0.15, 0.2) is 0 Å². The van der Waals surface area contributed by atoms with Gasteiger partial charge in [-0.3, -0.25) is 0 Å². The van der Waals surface area contributed by atoms with E-state index in [1.165, 1.54) is 4.90 Å². The Hall–Kier alpha value is -0.420. The summed E-state index contributed by atoms with van der Waals surface area (Å²) in [6.45, 7) is 2.52. The van der Waals surface area contributed by atoms with Crippen LogP contribution >= 0.6 is 11.8 Å². The van der Waals surface area contributed by atoms with E-state index in [0.717, 1.165) is 18.8 Å². The van der Waals surface area contributed by atoms with Crippen molar-refractivity contribution >= 4 is 17.8 Å². The molecule has 0 saturated heterocycles. The molecule has 0 fully saturated rings. The Kier molecular flexibility index (Phi) is 7.93. The van der Waals surface area contributed by atoms with E-state index < -0.39 is 0 Å². The maximum Gasteiger partial charge on any atom is 0.316 e. The molecular weight excluding hydrogens is 186 g/mol. The summed E-state index contributed by atoms with van der Waals surface area (Å²) in [5.74, 6) is 1.11. The first-order valence-electron chi connectivity index (χ1n) is 4.33. The minimum Gasteiger partial charge on any atom is -0.337 e. The van der Waals surface area contributed by atoms with Gasteiger partial charge in [0, 0.05) is 39.5 Å². The van der Waals surface area contributed by atoms with E-state index in [1.54, 1.807) is 14.1 Å². The minimum atomic E-state index is -0.0355. The minimum absolute atomic E-state index is 0.0355. The van der Waals surface area contributed by atoms with Crippen LogP contribution in [0.1, 0.15) is 0 Å². The summed E-state index contributed by atoms with van der Waals surface area (Å²) in [6, 6.07) is -0.0355. The maximum atomic E-state index is 11.0. The van der Waals surface area contributed by atoms with Crippen LogP contribution in [0.2, 0.25) is 0 Å². The lowest BCUT2D eigenvalue weighted by atomic mass is 10.6. The molecule has 0 bridgehead atoms. The molecule has 0 aromatic rings. The molecule has 78 valence electrons. The van der Waals surface area contributed by atoms with Crippen LogP contribution in [0.4, 0.5) is 4.79 Å². The van der Waals surface area contributed by atoms with E-state index in [-0.39, 0.29) is 6.03 Å². The second-order valence-electron chi connectivity index (χ2n) is 2.87. The number of hydrogen-bond donors (Lipinski definition) is 2. The van der Waals surface area contributed by atoms with Crippen LogP contribution in [0, 0.1) is 0 Å². The Morgan fingerprint density at radius 3 is 2.54 bits per heavy atom. The van der Waals surface area contributed by atoms with Gasteiger partial charge in [-0.1, -0.05) is 0 Å². The number of amides is 2. The lowest BCUT2D eigenvalue weighted by molar-refractivity contribution is 0.217. The van der Waals surface area contributed by atoms with Crippen molar-refractivity contribution in [2.24, 2.45) is 0 Å². The molecule has 0 aliphatic rings. The molecule has 0 rings (SSSR count). The number of nitrogens with one attached hydrogen (secondary N) is 2. The standard InChI is InChI=1S/C8H19N3OS/c1-11(2)8(12)10-5-4-9-6-7-13-3/h9H,4-7H2,1-3H3,(H,10,12). The van der Waals surface area contributed by atoms with Crippen LogP contribution in [0.25, 0.3) is 0 Å². The highest BCUT2D eigenvalue weighted by atomic mass is 32.2. The zero-order valence-electron chi connectivity index (χ0n) is 8.59. The van der Waals surface area contributed by atoms with Gasteiger partial charge >= 0.3 is 6.03 Å². The first kappa shape index (κ1) is 12.6. The predicted molar refractivity (Wildman–Crippen MR) is 58.3 cm³/mol. The number of nitrogens with zero attached hydrogens (tertiary/aromatic N) is 1. The summed E-state index contributed by atoms with van der Waals surface area (Å²) < 4.78 is 0. The fourth-order valence-electron chi connectivity index (χ4n) is 0.715. The molecule has 0 unspecified atom stereocenters. The van der Waals surface area contributed by atoms with Gasteiger partial charge in [0.05, 0.1) is 0 Å². The Bertz CT molecular complexity index is 141. The van der Waals surface area contributed by atoms with Crippen molar-refractivity contribution in [3.8, 4) is 0 Å². The van der Waals surface area contributed by atoms with Crippen molar-refractivity contribution < 1.29 is 4.79 Å². The molecule has 13 heavy (non-hydrogen) atoms. The Labute approximate surface area is 84.4 Å². The monoisotopic (exact) mass is 205 g/mol. The SMILES string of the molecule is CSCCNCCNC(=O)N(C)C. The fraction of sp³-hybridized carbons (Fsp3) is 0.875. The first-order chi connectivity index (χ1) is 6.18. The lowest BCUT2D eigenvalue weighted by Crippen LogP contribution is -2.38. The average molecular weight is 205 g/mol. The van der Waals surface area contributed by atoms with Crippen molar-refractivity contribution in [1.29, 1.82) is 0 Å². The van der Waals surface area contributed by atoms with E-state index in [1.807, 2.05) is 11.8 Å². The summed E-state index contributed by atoms with van der Waals surface area (Å²) in [7, 11) is 3.47. The molecule has 5 heteroatoms. The second kappa shape index (κ2) is 8.19. The Morgan fingerprint density at radius 2 is 2.00 bits per heavy atom. The van der Waals surface area contributed by atoms with E-state index in [2.05, 4.69) is 16.9 Å². The molecule has 0 atom stereocenters. The molecule has 0 aliphatic carbocycles. The van der Waals surface area contributed by atoms with Gasteiger partial charge in [-0.2, -0.15) is 11.8 Å². The number of carbonyl (C=O) groups excluding carboxylic acids is 1. The van der Waals surface area contributed by atoms with Crippen LogP contribution in [0.3, 0.4) is 0 Å². The molecule has 2 N–H and O–H groups in total. The van der Waals surface area contributed by atoms with Crippen molar-refractivity contribution in [2.75, 3.05) is 45.7 Å². The van der Waals surface area contributed by atoms with Gasteiger partial charge in [0.2, 0.25) is 0 Å². The van der Waals surface area contributed by atoms with Gasteiger partial charge in [0.15, 0.2) is 0 Å². The highest BCUT2D eigenvalue weighted by molar-refractivity contribution is 7.98. The van der Waals surface area contributed by atoms with E-state index >= 15 is 0 Å². The largest absolute Gasteiger partial charge is 0.337 e. The molecule has 0 heterocycles. The highest BCUT2D eigenvalue weighted by Crippen LogP contribution is 1.86. The maximum absolute atomic E-state index is 11.0. The molecule has 0 aromatic carbocycles. The Morgan fingerprint density at radius 1 is 1.31 bits per heavy atom. The molecule has 0 saturated carbocycles.